The van der Waals surface area contributed by atoms with Crippen LogP contribution in [-0.4, -0.2) is 134 Å². The van der Waals surface area contributed by atoms with E-state index in [0.717, 1.165) is 95.5 Å². The fourth-order valence-electron chi connectivity index (χ4n) is 13.2. The molecule has 22 nitrogen and oxygen atoms in total. The van der Waals surface area contributed by atoms with Gasteiger partial charge < -0.3 is 48.1 Å². The Bertz CT molecular complexity index is 6430. The van der Waals surface area contributed by atoms with E-state index in [-0.39, 0.29) is 146 Å². The summed E-state index contributed by atoms with van der Waals surface area (Å²) in [6.07, 6.45) is 11.1. The van der Waals surface area contributed by atoms with Crippen molar-refractivity contribution in [3.05, 3.63) is 323 Å². The smallest absolute Gasteiger partial charge is 0.497 e. The molecule has 16 aromatic heterocycles. The number of methoxy groups -OCH3 is 2. The second-order valence-corrected chi connectivity index (χ2v) is 40.3. The van der Waals surface area contributed by atoms with Crippen molar-refractivity contribution in [3.8, 4) is 79.8 Å². The number of thioether (sulfide) groups is 2. The van der Waals surface area contributed by atoms with Gasteiger partial charge in [0.25, 0.3) is 0 Å². The van der Waals surface area contributed by atoms with Crippen molar-refractivity contribution in [1.29, 1.82) is 0 Å². The quantitative estimate of drug-likeness (QED) is 0.0226. The topological polar surface area (TPSA) is 244 Å². The van der Waals surface area contributed by atoms with Gasteiger partial charge in [-0.25, -0.2) is 35.1 Å². The summed E-state index contributed by atoms with van der Waals surface area (Å²) in [6.45, 7) is 30.5. The van der Waals surface area contributed by atoms with E-state index in [1.54, 1.807) is 70.4 Å². The number of rotatable bonds is 20. The molecule has 0 atom stereocenters. The van der Waals surface area contributed by atoms with Crippen LogP contribution < -0.4 is 20.1 Å². The molecular weight excluding hydrogens is 2560 g/mol. The van der Waals surface area contributed by atoms with Crippen LogP contribution in [0.2, 0.25) is 13.1 Å². The molecule has 0 radical (unpaired) electrons. The zero-order valence-corrected chi connectivity index (χ0v) is 88.4. The number of ether oxygens (including phenoxy) is 2. The minimum absolute atomic E-state index is 0. The summed E-state index contributed by atoms with van der Waals surface area (Å²) in [4.78, 5) is 52.0. The Morgan fingerprint density at radius 3 is 0.891 bits per heavy atom. The molecule has 0 aromatic carbocycles. The number of alkyl halides is 3. The summed E-state index contributed by atoms with van der Waals surface area (Å²) in [5.41, 5.74) is 3.53. The van der Waals surface area contributed by atoms with Crippen LogP contribution in [0.15, 0.2) is 180 Å². The van der Waals surface area contributed by atoms with Crippen LogP contribution in [0, 0.1) is 104 Å². The van der Waals surface area contributed by atoms with Gasteiger partial charge in [-0.3, -0.25) is 60.3 Å². The maximum atomic E-state index is 14.4. The van der Waals surface area contributed by atoms with E-state index in [1.165, 1.54) is 49.9 Å². The molecule has 0 fully saturated rings. The molecule has 0 aliphatic carbocycles. The van der Waals surface area contributed by atoms with E-state index in [9.17, 15) is 48.3 Å². The Morgan fingerprint density at radius 1 is 0.321 bits per heavy atom. The fourth-order valence-corrected chi connectivity index (χ4v) is 16.1. The molecule has 40 heteroatoms. The first kappa shape index (κ1) is 110. The van der Waals surface area contributed by atoms with Crippen LogP contribution in [0.4, 0.5) is 48.3 Å². The standard InChI is InChI=1S/C27H32N6.C25H18F4N4O2.C25H18F4N4S2.C20H17F3N6Si.4Pt/c1-25(2,3)19-15-17-32(30-19)23-13-9-11-21(28-23)27(7,8)22-12-10-14-24(29-22)33-18-16-20(31-33)26(4,5)6;2*1-25(2,19-11-13(34-3)9-17(30-19)15-5-7-21(26)32-23(15)28)20-12-14(35-4)10-18(31-20)16-6-8-22(27)33-24(16)29;1-14-10-12-28(26-14)16-6-4-8-18(24-16)30(2,3)19-9-5-7-17(25-19)29-13-11-15(27-29)20(21,22)23;;;;/h9-16H,1-8H3;2*7-12H,1-4H3;4-11H,1-3H3;;;;/q4*-2;4*+2. The van der Waals surface area contributed by atoms with E-state index in [0.29, 0.717) is 40.1 Å². The van der Waals surface area contributed by atoms with Gasteiger partial charge in [0, 0.05) is 83.0 Å². The van der Waals surface area contributed by atoms with Gasteiger partial charge in [-0.2, -0.15) is 13.2 Å². The normalized spacial score (nSPS) is 11.7. The van der Waals surface area contributed by atoms with Crippen molar-refractivity contribution in [2.75, 3.05) is 26.7 Å². The van der Waals surface area contributed by atoms with Gasteiger partial charge in [0.05, 0.1) is 43.2 Å². The predicted molar refractivity (Wildman–Crippen MR) is 483 cm³/mol. The van der Waals surface area contributed by atoms with E-state index >= 15 is 0 Å². The van der Waals surface area contributed by atoms with Crippen LogP contribution in [0.25, 0.3) is 68.3 Å². The van der Waals surface area contributed by atoms with Crippen LogP contribution >= 0.6 is 23.5 Å². The number of hydrogen-bond acceptors (Lipinski definition) is 20. The number of aromatic nitrogens is 20. The summed E-state index contributed by atoms with van der Waals surface area (Å²) in [5.74, 6) is -5.07. The molecule has 718 valence electrons. The third kappa shape index (κ3) is 25.8. The first-order valence-corrected chi connectivity index (χ1v) is 46.3. The average Bonchev–Trinajstić information content (AvgIpc) is 1.62. The van der Waals surface area contributed by atoms with E-state index in [2.05, 4.69) is 173 Å². The van der Waals surface area contributed by atoms with Crippen LogP contribution in [0.5, 0.6) is 11.5 Å². The number of aryl methyl sites for hydroxylation is 1. The third-order valence-corrected chi connectivity index (χ3v) is 25.7. The summed E-state index contributed by atoms with van der Waals surface area (Å²) in [6, 6.07) is 56.4. The molecule has 0 unspecified atom stereocenters. The van der Waals surface area contributed by atoms with Gasteiger partial charge in [0.1, 0.15) is 59.1 Å². The third-order valence-electron chi connectivity index (χ3n) is 21.2. The number of pyridine rings is 12. The predicted octanol–water partition coefficient (Wildman–Crippen LogP) is 19.6. The summed E-state index contributed by atoms with van der Waals surface area (Å²) in [5, 5.41) is 18.9. The Hall–Kier alpha value is -10.9. The zero-order valence-electron chi connectivity index (χ0n) is 76.7. The SMILES string of the molecule is CC(C)(C)c1c[c-]n(-c2cccc(C(C)(C)c3cccc(-n4[c-]cc(C(C)(C)C)n4)n3)n2)n1.COc1cc(-c2[c-]cc(F)nc2F)nc(C(C)(C)c2cc(OC)cc(-c3[c-]cc(F)nc3F)n2)c1.CSc1cc(-c2[c-]cc(F)nc2F)nc(C(C)(C)c2cc(SC)cc(-c3[c-]cc(F)nc3F)n2)c1.Cc1c[c-]n(-c2cccc([Si](C)(C)c3cccc(-n4[c-]cc(C(F)(F)F)n4)n3)n2)n1.[Pt+2].[Pt+2].[Pt+2].[Pt+2]. The molecule has 0 amide bonds. The van der Waals surface area contributed by atoms with E-state index in [1.807, 2.05) is 118 Å². The summed E-state index contributed by atoms with van der Waals surface area (Å²) < 4.78 is 166. The zero-order chi connectivity index (χ0) is 96.2. The molecule has 0 aliphatic rings. The second kappa shape index (κ2) is 44.9. The monoisotopic (exact) mass is 2640 g/mol. The Balaban J connectivity index is 0.000000203. The van der Waals surface area contributed by atoms with Crippen molar-refractivity contribution in [1.82, 2.24) is 98.9 Å². The molecule has 137 heavy (non-hydrogen) atoms. The van der Waals surface area contributed by atoms with Crippen LogP contribution in [0.3, 0.4) is 0 Å². The minimum atomic E-state index is -4.53. The van der Waals surface area contributed by atoms with Gasteiger partial charge in [-0.05, 0) is 153 Å². The first-order chi connectivity index (χ1) is 62.7. The molecule has 0 saturated carbocycles. The second-order valence-electron chi connectivity index (χ2n) is 34.2. The minimum Gasteiger partial charge on any atom is -0.497 e. The number of hydrogen-bond donors (Lipinski definition) is 0. The largest absolute Gasteiger partial charge is 2.00 e. The molecule has 0 saturated heterocycles. The van der Waals surface area contributed by atoms with E-state index < -0.39 is 83.8 Å². The van der Waals surface area contributed by atoms with Gasteiger partial charge in [0.15, 0.2) is 8.07 Å². The summed E-state index contributed by atoms with van der Waals surface area (Å²) >= 11 is 2.86. The van der Waals surface area contributed by atoms with E-state index in [4.69, 9.17) is 34.6 Å². The molecule has 16 rings (SSSR count). The molecule has 0 spiro atoms. The van der Waals surface area contributed by atoms with Crippen molar-refractivity contribution in [3.63, 3.8) is 0 Å². The van der Waals surface area contributed by atoms with Gasteiger partial charge in [0.2, 0.25) is 0 Å². The maximum absolute atomic E-state index is 14.4. The summed E-state index contributed by atoms with van der Waals surface area (Å²) in [7, 11) is 0.501. The van der Waals surface area contributed by atoms with Crippen LogP contribution in [0.1, 0.15) is 140 Å². The number of nitrogens with zero attached hydrogens (tertiary/aromatic N) is 20. The van der Waals surface area contributed by atoms with Gasteiger partial charge >= 0.3 is 90.4 Å². The fraction of sp³-hybridized carbons (Fsp3) is 0.258. The molecular formula is C97H85F11N20O2Pt4S2Si. The molecule has 16 heterocycles. The Morgan fingerprint density at radius 2 is 0.606 bits per heavy atom. The van der Waals surface area contributed by atoms with Gasteiger partial charge in [-0.1, -0.05) is 194 Å². The Kier molecular flexibility index (Phi) is 36.0. The first-order valence-electron chi connectivity index (χ1n) is 40.8. The van der Waals surface area contributed by atoms with Crippen molar-refractivity contribution in [2.24, 2.45) is 0 Å². The van der Waals surface area contributed by atoms with Gasteiger partial charge in [-0.15, -0.1) is 72.1 Å². The average molecular weight is 2640 g/mol. The van der Waals surface area contributed by atoms with Crippen molar-refractivity contribution < 1.29 is 142 Å². The maximum Gasteiger partial charge on any atom is 2.00 e. The van der Waals surface area contributed by atoms with Crippen molar-refractivity contribution >= 4 is 42.2 Å². The molecule has 0 bridgehead atoms. The Labute approximate surface area is 852 Å². The molecule has 0 N–H and O–H groups in total. The number of halogens is 11. The molecule has 0 aliphatic heterocycles. The molecule has 16 aromatic rings. The van der Waals surface area contributed by atoms with Crippen molar-refractivity contribution in [2.45, 2.75) is 146 Å². The van der Waals surface area contributed by atoms with Crippen LogP contribution in [-0.2, 0) is 118 Å².